The van der Waals surface area contributed by atoms with Crippen LogP contribution in [0.15, 0.2) is 49.1 Å². The molecule has 2 heterocycles. The first-order valence-electron chi connectivity index (χ1n) is 6.68. The summed E-state index contributed by atoms with van der Waals surface area (Å²) in [6.45, 7) is 0. The number of carboxylic acids is 1. The summed E-state index contributed by atoms with van der Waals surface area (Å²) in [6, 6.07) is 7.93. The molecule has 7 nitrogen and oxygen atoms in total. The molecule has 0 bridgehead atoms. The van der Waals surface area contributed by atoms with E-state index in [0.717, 1.165) is 10.9 Å². The fourth-order valence-electron chi connectivity index (χ4n) is 2.32. The lowest BCUT2D eigenvalue weighted by Crippen LogP contribution is -2.34. The number of carbonyl (C=O) groups excluding carboxylic acids is 1. The van der Waals surface area contributed by atoms with Gasteiger partial charge in [0, 0.05) is 29.9 Å². The first-order valence-corrected chi connectivity index (χ1v) is 6.68. The second-order valence-corrected chi connectivity index (χ2v) is 4.93. The SMILES string of the molecule is NC(Cc1cncn1C(=O)n1ccc2ccccc21)C(=O)O. The van der Waals surface area contributed by atoms with Gasteiger partial charge in [0.15, 0.2) is 0 Å². The molecule has 0 spiro atoms. The van der Waals surface area contributed by atoms with Gasteiger partial charge in [-0.2, -0.15) is 0 Å². The maximum Gasteiger partial charge on any atom is 0.338 e. The van der Waals surface area contributed by atoms with E-state index in [2.05, 4.69) is 4.98 Å². The normalized spacial score (nSPS) is 12.4. The van der Waals surface area contributed by atoms with Crippen molar-refractivity contribution in [2.75, 3.05) is 0 Å². The molecule has 112 valence electrons. The topological polar surface area (TPSA) is 103 Å². The molecule has 0 aliphatic heterocycles. The number of benzene rings is 1. The quantitative estimate of drug-likeness (QED) is 0.758. The molecular weight excluding hydrogens is 284 g/mol. The van der Waals surface area contributed by atoms with Gasteiger partial charge in [0.25, 0.3) is 0 Å². The molecule has 0 saturated heterocycles. The van der Waals surface area contributed by atoms with Crippen LogP contribution in [0.25, 0.3) is 10.9 Å². The second-order valence-electron chi connectivity index (χ2n) is 4.93. The predicted molar refractivity (Wildman–Crippen MR) is 79.7 cm³/mol. The lowest BCUT2D eigenvalue weighted by molar-refractivity contribution is -0.138. The molecule has 3 N–H and O–H groups in total. The number of nitrogens with two attached hydrogens (primary N) is 1. The smallest absolute Gasteiger partial charge is 0.338 e. The van der Waals surface area contributed by atoms with Crippen molar-refractivity contribution in [1.82, 2.24) is 14.1 Å². The Morgan fingerprint density at radius 3 is 2.77 bits per heavy atom. The highest BCUT2D eigenvalue weighted by atomic mass is 16.4. The van der Waals surface area contributed by atoms with Crippen molar-refractivity contribution in [3.8, 4) is 0 Å². The van der Waals surface area contributed by atoms with E-state index in [1.54, 1.807) is 6.20 Å². The van der Waals surface area contributed by atoms with E-state index in [1.165, 1.54) is 21.7 Å². The maximum absolute atomic E-state index is 12.7. The summed E-state index contributed by atoms with van der Waals surface area (Å²) in [5.74, 6) is -1.12. The molecule has 1 atom stereocenters. The number of aliphatic carboxylic acids is 1. The molecule has 1 aromatic carbocycles. The van der Waals surface area contributed by atoms with E-state index in [0.29, 0.717) is 5.69 Å². The zero-order valence-electron chi connectivity index (χ0n) is 11.6. The standard InChI is InChI=1S/C15H14N4O3/c16-12(14(20)21)7-11-8-17-9-19(11)15(22)18-6-5-10-3-1-2-4-13(10)18/h1-6,8-9,12H,7,16H2,(H,20,21). The summed E-state index contributed by atoms with van der Waals surface area (Å²) in [5.41, 5.74) is 6.76. The molecule has 0 radical (unpaired) electrons. The van der Waals surface area contributed by atoms with E-state index in [-0.39, 0.29) is 12.5 Å². The Hall–Kier alpha value is -2.93. The molecule has 0 saturated carbocycles. The van der Waals surface area contributed by atoms with Crippen molar-refractivity contribution in [3.63, 3.8) is 0 Å². The third kappa shape index (κ3) is 2.38. The second kappa shape index (κ2) is 5.45. The van der Waals surface area contributed by atoms with Crippen LogP contribution in [-0.2, 0) is 11.2 Å². The van der Waals surface area contributed by atoms with Crippen LogP contribution in [-0.4, -0.2) is 37.3 Å². The molecule has 3 aromatic rings. The molecule has 1 unspecified atom stereocenters. The highest BCUT2D eigenvalue weighted by molar-refractivity contribution is 5.92. The minimum absolute atomic E-state index is 0.0281. The summed E-state index contributed by atoms with van der Waals surface area (Å²) in [7, 11) is 0. The van der Waals surface area contributed by atoms with Crippen molar-refractivity contribution in [1.29, 1.82) is 0 Å². The average molecular weight is 298 g/mol. The van der Waals surface area contributed by atoms with Crippen molar-refractivity contribution >= 4 is 22.9 Å². The van der Waals surface area contributed by atoms with Gasteiger partial charge in [0.05, 0.1) is 5.52 Å². The lowest BCUT2D eigenvalue weighted by Gasteiger charge is -2.10. The zero-order chi connectivity index (χ0) is 15.7. The largest absolute Gasteiger partial charge is 0.480 e. The number of imidazole rings is 1. The van der Waals surface area contributed by atoms with E-state index >= 15 is 0 Å². The first-order chi connectivity index (χ1) is 10.6. The Morgan fingerprint density at radius 2 is 2.00 bits per heavy atom. The van der Waals surface area contributed by atoms with Gasteiger partial charge in [-0.1, -0.05) is 18.2 Å². The number of para-hydroxylation sites is 1. The van der Waals surface area contributed by atoms with Crippen LogP contribution in [0.5, 0.6) is 0 Å². The van der Waals surface area contributed by atoms with E-state index < -0.39 is 12.0 Å². The van der Waals surface area contributed by atoms with Gasteiger partial charge in [-0.25, -0.2) is 9.78 Å². The Kier molecular flexibility index (Phi) is 3.48. The number of carboxylic acid groups (broad SMARTS) is 1. The third-order valence-corrected chi connectivity index (χ3v) is 3.47. The summed E-state index contributed by atoms with van der Waals surface area (Å²) in [5, 5.41) is 9.84. The van der Waals surface area contributed by atoms with Gasteiger partial charge in [0.1, 0.15) is 12.4 Å². The van der Waals surface area contributed by atoms with Crippen LogP contribution in [0.4, 0.5) is 4.79 Å². The molecule has 7 heteroatoms. The number of aromatic nitrogens is 3. The first kappa shape index (κ1) is 14.0. The summed E-state index contributed by atoms with van der Waals surface area (Å²) in [4.78, 5) is 27.4. The van der Waals surface area contributed by atoms with Crippen molar-refractivity contribution in [2.45, 2.75) is 12.5 Å². The minimum Gasteiger partial charge on any atom is -0.480 e. The lowest BCUT2D eigenvalue weighted by atomic mass is 10.2. The number of hydrogen-bond acceptors (Lipinski definition) is 4. The Labute approximate surface area is 125 Å². The van der Waals surface area contributed by atoms with Gasteiger partial charge in [-0.15, -0.1) is 0 Å². The van der Waals surface area contributed by atoms with Crippen LogP contribution in [0, 0.1) is 0 Å². The molecule has 3 rings (SSSR count). The van der Waals surface area contributed by atoms with Crippen molar-refractivity contribution in [2.24, 2.45) is 5.73 Å². The summed E-state index contributed by atoms with van der Waals surface area (Å²) < 4.78 is 2.81. The van der Waals surface area contributed by atoms with Gasteiger partial charge >= 0.3 is 12.0 Å². The number of hydrogen-bond donors (Lipinski definition) is 2. The summed E-state index contributed by atoms with van der Waals surface area (Å²) in [6.07, 6.45) is 4.52. The highest BCUT2D eigenvalue weighted by Gasteiger charge is 2.19. The van der Waals surface area contributed by atoms with Crippen LogP contribution in [0.3, 0.4) is 0 Å². The monoisotopic (exact) mass is 298 g/mol. The van der Waals surface area contributed by atoms with Crippen LogP contribution in [0.1, 0.15) is 5.69 Å². The van der Waals surface area contributed by atoms with Gasteiger partial charge in [-0.3, -0.25) is 13.9 Å². The number of fused-ring (bicyclic) bond motifs is 1. The number of rotatable bonds is 3. The highest BCUT2D eigenvalue weighted by Crippen LogP contribution is 2.16. The molecule has 0 aliphatic carbocycles. The fraction of sp³-hybridized carbons (Fsp3) is 0.133. The van der Waals surface area contributed by atoms with Crippen molar-refractivity contribution in [3.05, 3.63) is 54.7 Å². The summed E-state index contributed by atoms with van der Waals surface area (Å²) >= 11 is 0. The predicted octanol–water partition coefficient (Wildman–Crippen LogP) is 1.31. The molecule has 22 heavy (non-hydrogen) atoms. The minimum atomic E-state index is -1.12. The fourth-order valence-corrected chi connectivity index (χ4v) is 2.32. The zero-order valence-corrected chi connectivity index (χ0v) is 11.6. The Balaban J connectivity index is 1.96. The Morgan fingerprint density at radius 1 is 1.23 bits per heavy atom. The Bertz CT molecular complexity index is 849. The molecule has 0 amide bonds. The number of nitrogens with zero attached hydrogens (tertiary/aromatic N) is 3. The van der Waals surface area contributed by atoms with Crippen molar-refractivity contribution < 1.29 is 14.7 Å². The van der Waals surface area contributed by atoms with Gasteiger partial charge < -0.3 is 10.8 Å². The number of carbonyl (C=O) groups is 2. The molecular formula is C15H14N4O3. The molecule has 0 aliphatic rings. The van der Waals surface area contributed by atoms with E-state index in [4.69, 9.17) is 10.8 Å². The van der Waals surface area contributed by atoms with E-state index in [9.17, 15) is 9.59 Å². The van der Waals surface area contributed by atoms with Crippen LogP contribution >= 0.6 is 0 Å². The van der Waals surface area contributed by atoms with Gasteiger partial charge in [-0.05, 0) is 12.1 Å². The third-order valence-electron chi connectivity index (χ3n) is 3.47. The average Bonchev–Trinajstić information content (AvgIpc) is 3.13. The van der Waals surface area contributed by atoms with E-state index in [1.807, 2.05) is 30.3 Å². The maximum atomic E-state index is 12.7. The molecule has 0 fully saturated rings. The van der Waals surface area contributed by atoms with Crippen LogP contribution < -0.4 is 5.73 Å². The van der Waals surface area contributed by atoms with Crippen LogP contribution in [0.2, 0.25) is 0 Å². The molecule has 2 aromatic heterocycles. The van der Waals surface area contributed by atoms with Gasteiger partial charge in [0.2, 0.25) is 0 Å².